The second kappa shape index (κ2) is 6.88. The summed E-state index contributed by atoms with van der Waals surface area (Å²) >= 11 is 0. The van der Waals surface area contributed by atoms with E-state index in [4.69, 9.17) is 0 Å². The summed E-state index contributed by atoms with van der Waals surface area (Å²) in [4.78, 5) is 6.48. The van der Waals surface area contributed by atoms with E-state index in [1.807, 2.05) is 43.3 Å². The van der Waals surface area contributed by atoms with Gasteiger partial charge in [-0.15, -0.1) is 10.2 Å². The van der Waals surface area contributed by atoms with Crippen LogP contribution in [0.25, 0.3) is 22.0 Å². The van der Waals surface area contributed by atoms with Crippen LogP contribution in [-0.2, 0) is 0 Å². The van der Waals surface area contributed by atoms with Crippen molar-refractivity contribution in [3.8, 4) is 17.1 Å². The van der Waals surface area contributed by atoms with Crippen LogP contribution in [0.2, 0.25) is 0 Å². The van der Waals surface area contributed by atoms with Crippen molar-refractivity contribution >= 4 is 16.6 Å². The van der Waals surface area contributed by atoms with E-state index in [1.54, 1.807) is 0 Å². The monoisotopic (exact) mass is 349 g/mol. The molecule has 0 unspecified atom stereocenters. The molecule has 26 heavy (non-hydrogen) atoms. The van der Waals surface area contributed by atoms with Gasteiger partial charge in [0.15, 0.2) is 5.82 Å². The second-order valence-electron chi connectivity index (χ2n) is 7.01. The summed E-state index contributed by atoms with van der Waals surface area (Å²) in [6, 6.07) is 12.1. The minimum absolute atomic E-state index is 0.0148. The Morgan fingerprint density at radius 1 is 1.12 bits per heavy atom. The molecule has 1 saturated heterocycles. The summed E-state index contributed by atoms with van der Waals surface area (Å²) < 4.78 is 0. The fraction of sp³-hybridized carbons (Fsp3) is 0.350. The molecule has 6 nitrogen and oxygen atoms in total. The van der Waals surface area contributed by atoms with Crippen LogP contribution in [0.3, 0.4) is 0 Å². The molecule has 0 amide bonds. The number of nitrogens with one attached hydrogen (secondary N) is 1. The van der Waals surface area contributed by atoms with Gasteiger partial charge in [-0.25, -0.2) is 4.98 Å². The number of rotatable bonds is 3. The SMILES string of the molecule is Cc1ccc(-c2nnc(N[C@@H]3CCCN(C)C3)c3ccccc23)c(O)n1. The number of piperidine rings is 1. The molecule has 1 aliphatic rings. The van der Waals surface area contributed by atoms with Crippen molar-refractivity contribution in [2.45, 2.75) is 25.8 Å². The molecule has 1 aliphatic heterocycles. The first-order valence-electron chi connectivity index (χ1n) is 8.99. The Morgan fingerprint density at radius 2 is 1.92 bits per heavy atom. The van der Waals surface area contributed by atoms with Crippen LogP contribution in [0, 0.1) is 6.92 Å². The number of likely N-dealkylation sites (tertiary alicyclic amines) is 1. The average molecular weight is 349 g/mol. The van der Waals surface area contributed by atoms with Crippen LogP contribution >= 0.6 is 0 Å². The van der Waals surface area contributed by atoms with Crippen molar-refractivity contribution in [1.82, 2.24) is 20.1 Å². The predicted molar refractivity (Wildman–Crippen MR) is 103 cm³/mol. The van der Waals surface area contributed by atoms with E-state index >= 15 is 0 Å². The molecular formula is C20H23N5O. The predicted octanol–water partition coefficient (Wildman–Crippen LogP) is 3.21. The third-order valence-corrected chi connectivity index (χ3v) is 4.92. The Kier molecular flexibility index (Phi) is 4.42. The zero-order valence-corrected chi connectivity index (χ0v) is 15.1. The molecule has 4 rings (SSSR count). The van der Waals surface area contributed by atoms with Gasteiger partial charge in [0.25, 0.3) is 0 Å². The van der Waals surface area contributed by atoms with Gasteiger partial charge in [0.2, 0.25) is 5.88 Å². The van der Waals surface area contributed by atoms with Gasteiger partial charge in [-0.3, -0.25) is 0 Å². The third-order valence-electron chi connectivity index (χ3n) is 4.92. The van der Waals surface area contributed by atoms with Crippen LogP contribution in [-0.4, -0.2) is 51.4 Å². The first kappa shape index (κ1) is 16.7. The molecule has 0 aliphatic carbocycles. The van der Waals surface area contributed by atoms with Gasteiger partial charge in [-0.2, -0.15) is 0 Å². The van der Waals surface area contributed by atoms with Crippen molar-refractivity contribution in [2.24, 2.45) is 0 Å². The highest BCUT2D eigenvalue weighted by atomic mass is 16.3. The highest BCUT2D eigenvalue weighted by Gasteiger charge is 2.20. The fourth-order valence-electron chi connectivity index (χ4n) is 3.61. The molecule has 2 N–H and O–H groups in total. The van der Waals surface area contributed by atoms with E-state index in [1.165, 1.54) is 6.42 Å². The van der Waals surface area contributed by atoms with Crippen molar-refractivity contribution in [2.75, 3.05) is 25.5 Å². The van der Waals surface area contributed by atoms with Crippen LogP contribution < -0.4 is 5.32 Å². The number of nitrogens with zero attached hydrogens (tertiary/aromatic N) is 4. The Labute approximate surface area is 152 Å². The van der Waals surface area contributed by atoms with Gasteiger partial charge in [0.05, 0.1) is 5.56 Å². The molecular weight excluding hydrogens is 326 g/mol. The van der Waals surface area contributed by atoms with Gasteiger partial charge in [-0.05, 0) is 45.5 Å². The molecule has 0 saturated carbocycles. The Balaban J connectivity index is 1.76. The number of aromatic nitrogens is 3. The van der Waals surface area contributed by atoms with Crippen molar-refractivity contribution in [3.05, 3.63) is 42.1 Å². The molecule has 3 heterocycles. The van der Waals surface area contributed by atoms with Gasteiger partial charge >= 0.3 is 0 Å². The molecule has 134 valence electrons. The number of fused-ring (bicyclic) bond motifs is 1. The van der Waals surface area contributed by atoms with Gasteiger partial charge in [-0.1, -0.05) is 24.3 Å². The molecule has 6 heteroatoms. The first-order chi connectivity index (χ1) is 12.6. The number of hydrogen-bond donors (Lipinski definition) is 2. The lowest BCUT2D eigenvalue weighted by molar-refractivity contribution is 0.261. The lowest BCUT2D eigenvalue weighted by Gasteiger charge is -2.30. The van der Waals surface area contributed by atoms with E-state index in [9.17, 15) is 5.11 Å². The zero-order chi connectivity index (χ0) is 18.1. The van der Waals surface area contributed by atoms with E-state index in [0.717, 1.165) is 41.8 Å². The molecule has 0 spiro atoms. The molecule has 1 aromatic carbocycles. The van der Waals surface area contributed by atoms with E-state index in [2.05, 4.69) is 32.4 Å². The number of aryl methyl sites for hydroxylation is 1. The van der Waals surface area contributed by atoms with Crippen LogP contribution in [0.15, 0.2) is 36.4 Å². The van der Waals surface area contributed by atoms with E-state index in [0.29, 0.717) is 17.3 Å². The Bertz CT molecular complexity index is 943. The van der Waals surface area contributed by atoms with Crippen LogP contribution in [0.4, 0.5) is 5.82 Å². The second-order valence-corrected chi connectivity index (χ2v) is 7.01. The standard InChI is InChI=1S/C20H23N5O/c1-13-9-10-17(20(26)21-13)18-15-7-3-4-8-16(15)19(24-23-18)22-14-6-5-11-25(2)12-14/h3-4,7-10,14H,5-6,11-12H2,1-2H3,(H,21,26)(H,22,24)/t14-/m1/s1. The molecule has 1 atom stereocenters. The lowest BCUT2D eigenvalue weighted by Crippen LogP contribution is -2.40. The van der Waals surface area contributed by atoms with Gasteiger partial charge in [0, 0.05) is 29.1 Å². The quantitative estimate of drug-likeness (QED) is 0.756. The number of aromatic hydroxyl groups is 1. The van der Waals surface area contributed by atoms with Gasteiger partial charge in [0.1, 0.15) is 5.69 Å². The maximum atomic E-state index is 10.3. The summed E-state index contributed by atoms with van der Waals surface area (Å²) in [5.41, 5.74) is 2.02. The minimum Gasteiger partial charge on any atom is -0.493 e. The van der Waals surface area contributed by atoms with Crippen molar-refractivity contribution in [1.29, 1.82) is 0 Å². The van der Waals surface area contributed by atoms with Crippen molar-refractivity contribution < 1.29 is 5.11 Å². The highest BCUT2D eigenvalue weighted by molar-refractivity contribution is 6.00. The largest absolute Gasteiger partial charge is 0.493 e. The molecule has 0 radical (unpaired) electrons. The highest BCUT2D eigenvalue weighted by Crippen LogP contribution is 2.34. The summed E-state index contributed by atoms with van der Waals surface area (Å²) in [7, 11) is 2.15. The van der Waals surface area contributed by atoms with Crippen molar-refractivity contribution in [3.63, 3.8) is 0 Å². The topological polar surface area (TPSA) is 74.2 Å². The average Bonchev–Trinajstić information content (AvgIpc) is 2.63. The van der Waals surface area contributed by atoms with Gasteiger partial charge < -0.3 is 15.3 Å². The Hall–Kier alpha value is -2.73. The van der Waals surface area contributed by atoms with Crippen LogP contribution in [0.1, 0.15) is 18.5 Å². The minimum atomic E-state index is -0.0148. The number of likely N-dealkylation sites (N-methyl/N-ethyl adjacent to an activating group) is 1. The fourth-order valence-corrected chi connectivity index (χ4v) is 3.61. The number of benzene rings is 1. The summed E-state index contributed by atoms with van der Waals surface area (Å²) in [6.07, 6.45) is 2.31. The number of anilines is 1. The smallest absolute Gasteiger partial charge is 0.220 e. The van der Waals surface area contributed by atoms with E-state index < -0.39 is 0 Å². The molecule has 0 bridgehead atoms. The number of pyridine rings is 1. The normalized spacial score (nSPS) is 18.2. The molecule has 2 aromatic heterocycles. The summed E-state index contributed by atoms with van der Waals surface area (Å²) in [6.45, 7) is 3.99. The van der Waals surface area contributed by atoms with Crippen LogP contribution in [0.5, 0.6) is 5.88 Å². The third kappa shape index (κ3) is 3.20. The summed E-state index contributed by atoms with van der Waals surface area (Å²) in [5.74, 6) is 0.781. The zero-order valence-electron chi connectivity index (χ0n) is 15.1. The number of hydrogen-bond acceptors (Lipinski definition) is 6. The molecule has 3 aromatic rings. The molecule has 1 fully saturated rings. The maximum absolute atomic E-state index is 10.3. The first-order valence-corrected chi connectivity index (χ1v) is 8.99. The maximum Gasteiger partial charge on any atom is 0.220 e. The summed E-state index contributed by atoms with van der Waals surface area (Å²) in [5, 5.41) is 24.7. The lowest BCUT2D eigenvalue weighted by atomic mass is 10.0. The Morgan fingerprint density at radius 3 is 2.69 bits per heavy atom. The van der Waals surface area contributed by atoms with E-state index in [-0.39, 0.29) is 5.88 Å².